The highest BCUT2D eigenvalue weighted by atomic mass is 35.5. The van der Waals surface area contributed by atoms with Crippen molar-refractivity contribution in [3.05, 3.63) is 34.3 Å². The van der Waals surface area contributed by atoms with Crippen LogP contribution in [0.3, 0.4) is 0 Å². The fraction of sp³-hybridized carbons (Fsp3) is 0.743. The molecule has 107 heavy (non-hydrogen) atoms. The summed E-state index contributed by atoms with van der Waals surface area (Å²) in [7, 11) is 12.0. The first-order chi connectivity index (χ1) is 50.1. The third-order valence-electron chi connectivity index (χ3n) is 22.0. The first kappa shape index (κ1) is 88.1. The Morgan fingerprint density at radius 1 is 0.682 bits per heavy atom. The van der Waals surface area contributed by atoms with Gasteiger partial charge in [-0.05, 0) is 99.7 Å². The van der Waals surface area contributed by atoms with E-state index in [1.54, 1.807) is 20.8 Å². The summed E-state index contributed by atoms with van der Waals surface area (Å²) in [4.78, 5) is 205. The monoisotopic (exact) mass is 1540 g/mol. The van der Waals surface area contributed by atoms with Crippen molar-refractivity contribution >= 4 is 88.4 Å². The number of halogens is 6. The molecule has 2 aliphatic carbocycles. The molecule has 27 nitrogen and oxygen atoms in total. The summed E-state index contributed by atoms with van der Waals surface area (Å²) in [6.07, 6.45) is -0.0495. The van der Waals surface area contributed by atoms with Gasteiger partial charge >= 0.3 is 6.18 Å². The molecule has 2 saturated carbocycles. The van der Waals surface area contributed by atoms with E-state index in [9.17, 15) is 60.3 Å². The van der Waals surface area contributed by atoms with Gasteiger partial charge in [0.1, 0.15) is 60.4 Å². The number of carbonyl (C=O) groups excluding carboxylic acids is 13. The van der Waals surface area contributed by atoms with Crippen molar-refractivity contribution in [3.63, 3.8) is 0 Å². The van der Waals surface area contributed by atoms with Gasteiger partial charge in [0, 0.05) is 76.6 Å². The van der Waals surface area contributed by atoms with Crippen molar-refractivity contribution in [2.24, 2.45) is 23.7 Å². The van der Waals surface area contributed by atoms with Crippen LogP contribution in [0.25, 0.3) is 0 Å². The number of carbonyl (C=O) groups is 13. The van der Waals surface area contributed by atoms with Gasteiger partial charge in [0.15, 0.2) is 0 Å². The van der Waals surface area contributed by atoms with Crippen LogP contribution in [-0.2, 0) is 79.7 Å². The Labute approximate surface area is 630 Å². The van der Waals surface area contributed by atoms with Crippen LogP contribution in [0.2, 0.25) is 5.02 Å². The van der Waals surface area contributed by atoms with Crippen molar-refractivity contribution < 1.29 is 89.0 Å². The number of aryl methyl sites for hydroxylation is 1. The molecule has 3 aliphatic heterocycles. The minimum atomic E-state index is -4.86. The number of likely N-dealkylation sites (N-methyl/N-ethyl adjacent to an activating group) is 8. The van der Waals surface area contributed by atoms with E-state index in [0.717, 1.165) is 73.9 Å². The quantitative estimate of drug-likeness (QED) is 0.139. The summed E-state index contributed by atoms with van der Waals surface area (Å²) in [6.45, 7) is 7.07. The van der Waals surface area contributed by atoms with Gasteiger partial charge in [0.2, 0.25) is 76.8 Å². The molecule has 600 valence electrons. The number of amides is 13. The van der Waals surface area contributed by atoms with E-state index in [1.807, 2.05) is 13.8 Å². The first-order valence-corrected chi connectivity index (χ1v) is 37.8. The zero-order valence-corrected chi connectivity index (χ0v) is 65.5. The lowest BCUT2D eigenvalue weighted by Gasteiger charge is -2.45. The van der Waals surface area contributed by atoms with Crippen LogP contribution in [0, 0.1) is 23.7 Å². The second kappa shape index (κ2) is 38.5. The molecule has 0 radical (unpaired) electrons. The summed E-state index contributed by atoms with van der Waals surface area (Å²) in [5, 5.41) is 7.40. The molecule has 13 amide bonds. The molecule has 0 aromatic heterocycles. The molecule has 0 bridgehead atoms. The van der Waals surface area contributed by atoms with E-state index in [0.29, 0.717) is 51.4 Å². The Balaban J connectivity index is 1.50. The first-order valence-electron chi connectivity index (χ1n) is 37.4. The van der Waals surface area contributed by atoms with Crippen LogP contribution in [0.15, 0.2) is 18.2 Å². The summed E-state index contributed by atoms with van der Waals surface area (Å²) >= 11 is 6.14. The Bertz CT molecular complexity index is 3370. The summed E-state index contributed by atoms with van der Waals surface area (Å²) in [5.41, 5.74) is -1.02. The minimum Gasteiger partial charge on any atom is -0.379 e. The van der Waals surface area contributed by atoms with Crippen LogP contribution >= 0.6 is 11.6 Å². The topological polar surface area (TPSA) is 300 Å². The predicted octanol–water partition coefficient (Wildman–Crippen LogP) is 4.83. The van der Waals surface area contributed by atoms with Crippen molar-refractivity contribution in [1.29, 1.82) is 0 Å². The second-order valence-corrected chi connectivity index (χ2v) is 31.0. The Hall–Kier alpha value is -7.77. The maximum atomic E-state index is 15.5. The SMILES string of the molecule is CCCOC[C@@H]1NC(=O)[C@H](CC(=O)N2CC(F)(F)C2)N(C)C(=O)[C@H](CCc2ccc(C(F)(F)F)c(Cl)c2)NC(=O)CN(C)C(=O)[C@H](CC2CCCCC2)N(C)C(=O)C2CCN2C(=O)[C@H](C)N(C)C(=O)[C@H]([C@@H](C)CC)NC(=O)[C@H](CC(C)C)N(C)C(=O)C[C@@H](C(=O)N(C)C)N(C)C(=O)[C@H](C2CCCC2)N(C)C1=O. The highest BCUT2D eigenvalue weighted by Gasteiger charge is 2.50. The number of ether oxygens (including phenoxy) is 1. The third kappa shape index (κ3) is 22.5. The number of likely N-dealkylation sites (tertiary alicyclic amines) is 1. The number of alkyl halides is 5. The predicted molar refractivity (Wildman–Crippen MR) is 386 cm³/mol. The van der Waals surface area contributed by atoms with Crippen LogP contribution < -0.4 is 16.0 Å². The lowest BCUT2D eigenvalue weighted by atomic mass is 9.84. The van der Waals surface area contributed by atoms with E-state index in [1.165, 1.54) is 82.9 Å². The molecule has 3 heterocycles. The lowest BCUT2D eigenvalue weighted by molar-refractivity contribution is -0.168. The molecule has 0 spiro atoms. The fourth-order valence-electron chi connectivity index (χ4n) is 14.8. The van der Waals surface area contributed by atoms with E-state index in [2.05, 4.69) is 16.0 Å². The molecule has 11 atom stereocenters. The molecule has 1 unspecified atom stereocenters. The van der Waals surface area contributed by atoms with Crippen molar-refractivity contribution in [1.82, 2.24) is 64.9 Å². The number of hydrogen-bond acceptors (Lipinski definition) is 14. The number of benzene rings is 1. The molecule has 33 heteroatoms. The van der Waals surface area contributed by atoms with Gasteiger partial charge in [-0.25, -0.2) is 8.78 Å². The zero-order chi connectivity index (χ0) is 80.0. The second-order valence-electron chi connectivity index (χ2n) is 30.6. The largest absolute Gasteiger partial charge is 0.417 e. The average molecular weight is 1540 g/mol. The Morgan fingerprint density at radius 3 is 1.83 bits per heavy atom. The van der Waals surface area contributed by atoms with Crippen molar-refractivity contribution in [2.75, 3.05) is 103 Å². The normalized spacial score (nSPS) is 26.9. The number of fused-ring (bicyclic) bond motifs is 1. The standard InChI is InChI=1S/C74H113ClF5N13O14/c1-16-33-107-40-52-67(101)91(15)62(48-25-21-22-26-48)72(106)90(14)57(68(102)84(7)8)38-59(95)87(11)54(34-43(3)4)64(98)83-61(44(5)17-2)71(105)86(10)45(6)65(99)93-32-31-53(93)70(104)89(13)56(36-46-23-19-18-20-24-46)69(103)85(9)39-58(94)81-51(30-28-47-27-29-49(50(75)35-47)74(78,79)80)66(100)88(12)55(63(97)82-52)37-60(96)92-41-73(76,77)42-92/h27,29,35,43-46,48,51-57,61-62H,16-26,28,30-34,36-42H2,1-15H3,(H,81,94)(H,82,97)(H,83,98)/t44-,45-,51-,52-,53?,54-,55-,56-,57-,61-,62-/m0/s1. The van der Waals surface area contributed by atoms with Crippen molar-refractivity contribution in [3.8, 4) is 0 Å². The maximum Gasteiger partial charge on any atom is 0.417 e. The van der Waals surface area contributed by atoms with Crippen LogP contribution in [0.5, 0.6) is 0 Å². The smallest absolute Gasteiger partial charge is 0.379 e. The van der Waals surface area contributed by atoms with Crippen LogP contribution in [0.1, 0.15) is 162 Å². The van der Waals surface area contributed by atoms with E-state index >= 15 is 24.0 Å². The van der Waals surface area contributed by atoms with E-state index in [4.69, 9.17) is 16.3 Å². The number of hydrogen-bond donors (Lipinski definition) is 3. The molecule has 3 saturated heterocycles. The highest BCUT2D eigenvalue weighted by Crippen LogP contribution is 2.37. The number of nitrogens with zero attached hydrogens (tertiary/aromatic N) is 10. The average Bonchev–Trinajstić information content (AvgIpc) is 0.986. The molecule has 3 N–H and O–H groups in total. The third-order valence-corrected chi connectivity index (χ3v) is 22.4. The van der Waals surface area contributed by atoms with Crippen molar-refractivity contribution in [2.45, 2.75) is 230 Å². The molecular weight excluding hydrogens is 1430 g/mol. The van der Waals surface area contributed by atoms with Gasteiger partial charge in [-0.15, -0.1) is 0 Å². The lowest BCUT2D eigenvalue weighted by Crippen LogP contribution is -2.65. The summed E-state index contributed by atoms with van der Waals surface area (Å²) in [5.74, 6) is -15.7. The summed E-state index contributed by atoms with van der Waals surface area (Å²) < 4.78 is 76.8. The number of rotatable bonds is 17. The highest BCUT2D eigenvalue weighted by molar-refractivity contribution is 6.31. The van der Waals surface area contributed by atoms with Gasteiger partial charge in [0.25, 0.3) is 5.92 Å². The molecule has 1 aromatic carbocycles. The molecule has 1 aromatic rings. The minimum absolute atomic E-state index is 0.0217. The van der Waals surface area contributed by atoms with E-state index < -0.39 is 217 Å². The zero-order valence-electron chi connectivity index (χ0n) is 64.7. The Kier molecular flexibility index (Phi) is 31.7. The van der Waals surface area contributed by atoms with Gasteiger partial charge in [0.05, 0.1) is 49.7 Å². The molecule has 5 fully saturated rings. The molecule has 5 aliphatic rings. The maximum absolute atomic E-state index is 15.5. The molecular formula is C74H113ClF5N13O14. The van der Waals surface area contributed by atoms with E-state index in [-0.39, 0.29) is 56.2 Å². The van der Waals surface area contributed by atoms with Gasteiger partial charge in [-0.1, -0.05) is 104 Å². The Morgan fingerprint density at radius 2 is 1.28 bits per heavy atom. The van der Waals surface area contributed by atoms with Crippen LogP contribution in [-0.4, -0.2) is 295 Å². The van der Waals surface area contributed by atoms with Gasteiger partial charge < -0.3 is 69.7 Å². The number of nitrogens with one attached hydrogen (secondary N) is 3. The van der Waals surface area contributed by atoms with Gasteiger partial charge in [-0.2, -0.15) is 13.2 Å². The molecule has 6 rings (SSSR count). The summed E-state index contributed by atoms with van der Waals surface area (Å²) in [6, 6.07) is -11.7. The van der Waals surface area contributed by atoms with Gasteiger partial charge in [-0.3, -0.25) is 62.3 Å². The van der Waals surface area contributed by atoms with Crippen LogP contribution in [0.4, 0.5) is 22.0 Å². The fourth-order valence-corrected chi connectivity index (χ4v) is 15.2.